The fraction of sp³-hybridized carbons (Fsp3) is 0.882. The van der Waals surface area contributed by atoms with Gasteiger partial charge in [-0.15, -0.1) is 0 Å². The van der Waals surface area contributed by atoms with Crippen molar-refractivity contribution >= 4 is 0 Å². The molecule has 2 heteroatoms. The second-order valence-corrected chi connectivity index (χ2v) is 6.27. The molecule has 1 aliphatic heterocycles. The average Bonchev–Trinajstić information content (AvgIpc) is 2.78. The topological polar surface area (TPSA) is 21.3 Å². The van der Waals surface area contributed by atoms with Gasteiger partial charge in [-0.2, -0.15) is 0 Å². The lowest BCUT2D eigenvalue weighted by Gasteiger charge is -2.30. The third kappa shape index (κ3) is 4.32. The predicted octanol–water partition coefficient (Wildman–Crippen LogP) is 4.06. The summed E-state index contributed by atoms with van der Waals surface area (Å²) in [5.74, 6) is 0.695. The van der Waals surface area contributed by atoms with Crippen molar-refractivity contribution in [3.05, 3.63) is 11.6 Å². The van der Waals surface area contributed by atoms with Gasteiger partial charge >= 0.3 is 0 Å². The SMILES string of the molecule is CCCNC(C1=CCCCCCC1)C1OCCC1C. The summed E-state index contributed by atoms with van der Waals surface area (Å²) in [5, 5.41) is 3.77. The quantitative estimate of drug-likeness (QED) is 0.757. The predicted molar refractivity (Wildman–Crippen MR) is 81.4 cm³/mol. The highest BCUT2D eigenvalue weighted by Gasteiger charge is 2.33. The Hall–Kier alpha value is -0.340. The molecule has 1 saturated heterocycles. The molecule has 1 heterocycles. The molecule has 2 nitrogen and oxygen atoms in total. The summed E-state index contributed by atoms with van der Waals surface area (Å²) in [7, 11) is 0. The molecule has 1 aliphatic carbocycles. The normalized spacial score (nSPS) is 30.5. The first kappa shape index (κ1) is 15.1. The van der Waals surface area contributed by atoms with Gasteiger partial charge in [0.15, 0.2) is 0 Å². The molecule has 1 N–H and O–H groups in total. The third-order valence-corrected chi connectivity index (χ3v) is 4.61. The fourth-order valence-corrected chi connectivity index (χ4v) is 3.40. The number of ether oxygens (including phenoxy) is 1. The first-order valence-electron chi connectivity index (χ1n) is 8.37. The standard InChI is InChI=1S/C17H31NO/c1-3-12-18-16(17-14(2)11-13-19-17)15-9-7-5-4-6-8-10-15/h9,14,16-18H,3-8,10-13H2,1-2H3. The van der Waals surface area contributed by atoms with Crippen LogP contribution in [0.1, 0.15) is 65.2 Å². The second-order valence-electron chi connectivity index (χ2n) is 6.27. The minimum Gasteiger partial charge on any atom is -0.376 e. The molecule has 2 aliphatic rings. The summed E-state index contributed by atoms with van der Waals surface area (Å²) < 4.78 is 6.05. The first-order valence-corrected chi connectivity index (χ1v) is 8.37. The van der Waals surface area contributed by atoms with E-state index in [1.807, 2.05) is 0 Å². The zero-order valence-electron chi connectivity index (χ0n) is 12.8. The molecule has 0 aromatic heterocycles. The van der Waals surface area contributed by atoms with Crippen molar-refractivity contribution in [2.75, 3.05) is 13.2 Å². The minimum atomic E-state index is 0.400. The van der Waals surface area contributed by atoms with Gasteiger partial charge < -0.3 is 10.1 Å². The van der Waals surface area contributed by atoms with E-state index in [0.717, 1.165) is 13.2 Å². The summed E-state index contributed by atoms with van der Waals surface area (Å²) in [6.45, 7) is 6.65. The Labute approximate surface area is 119 Å². The highest BCUT2D eigenvalue weighted by molar-refractivity contribution is 5.15. The summed E-state index contributed by atoms with van der Waals surface area (Å²) in [6.07, 6.45) is 13.4. The number of hydrogen-bond donors (Lipinski definition) is 1. The van der Waals surface area contributed by atoms with Crippen molar-refractivity contribution in [3.63, 3.8) is 0 Å². The molecular weight excluding hydrogens is 234 g/mol. The Morgan fingerprint density at radius 2 is 2.16 bits per heavy atom. The van der Waals surface area contributed by atoms with Crippen molar-refractivity contribution in [1.82, 2.24) is 5.32 Å². The van der Waals surface area contributed by atoms with Crippen LogP contribution in [0.25, 0.3) is 0 Å². The maximum absolute atomic E-state index is 6.05. The lowest BCUT2D eigenvalue weighted by molar-refractivity contribution is 0.0700. The van der Waals surface area contributed by atoms with Crippen molar-refractivity contribution in [1.29, 1.82) is 0 Å². The molecule has 3 atom stereocenters. The van der Waals surface area contributed by atoms with Crippen LogP contribution in [0.3, 0.4) is 0 Å². The largest absolute Gasteiger partial charge is 0.376 e. The van der Waals surface area contributed by atoms with Crippen molar-refractivity contribution in [3.8, 4) is 0 Å². The van der Waals surface area contributed by atoms with Crippen LogP contribution in [0.2, 0.25) is 0 Å². The summed E-state index contributed by atoms with van der Waals surface area (Å²) in [5.41, 5.74) is 1.63. The van der Waals surface area contributed by atoms with E-state index < -0.39 is 0 Å². The lowest BCUT2D eigenvalue weighted by Crippen LogP contribution is -2.44. The molecule has 0 saturated carbocycles. The Kier molecular flexibility index (Phi) is 6.39. The van der Waals surface area contributed by atoms with E-state index in [9.17, 15) is 0 Å². The van der Waals surface area contributed by atoms with Crippen molar-refractivity contribution in [2.45, 2.75) is 77.4 Å². The molecule has 0 spiro atoms. The van der Waals surface area contributed by atoms with Gasteiger partial charge in [0.25, 0.3) is 0 Å². The maximum Gasteiger partial charge on any atom is 0.0792 e. The second kappa shape index (κ2) is 8.06. The van der Waals surface area contributed by atoms with Gasteiger partial charge in [-0.3, -0.25) is 0 Å². The Bertz CT molecular complexity index is 287. The van der Waals surface area contributed by atoms with E-state index in [1.54, 1.807) is 5.57 Å². The zero-order valence-corrected chi connectivity index (χ0v) is 12.8. The molecule has 1 fully saturated rings. The third-order valence-electron chi connectivity index (χ3n) is 4.61. The van der Waals surface area contributed by atoms with Gasteiger partial charge in [-0.05, 0) is 51.0 Å². The smallest absolute Gasteiger partial charge is 0.0792 e. The Balaban J connectivity index is 2.05. The van der Waals surface area contributed by atoms with Crippen LogP contribution in [0.5, 0.6) is 0 Å². The van der Waals surface area contributed by atoms with Crippen molar-refractivity contribution < 1.29 is 4.74 Å². The van der Waals surface area contributed by atoms with Crippen LogP contribution in [-0.2, 0) is 4.74 Å². The van der Waals surface area contributed by atoms with E-state index >= 15 is 0 Å². The van der Waals surface area contributed by atoms with Gasteiger partial charge in [-0.1, -0.05) is 38.3 Å². The number of nitrogens with one attached hydrogen (secondary N) is 1. The highest BCUT2D eigenvalue weighted by atomic mass is 16.5. The van der Waals surface area contributed by atoms with Crippen LogP contribution in [0.15, 0.2) is 11.6 Å². The molecule has 3 unspecified atom stereocenters. The van der Waals surface area contributed by atoms with E-state index in [1.165, 1.54) is 51.4 Å². The number of allylic oxidation sites excluding steroid dienone is 1. The molecule has 0 aromatic rings. The maximum atomic E-state index is 6.05. The van der Waals surface area contributed by atoms with Crippen LogP contribution in [0.4, 0.5) is 0 Å². The zero-order chi connectivity index (χ0) is 13.5. The Morgan fingerprint density at radius 3 is 2.89 bits per heavy atom. The molecule has 0 radical (unpaired) electrons. The van der Waals surface area contributed by atoms with E-state index in [4.69, 9.17) is 4.74 Å². The van der Waals surface area contributed by atoms with Gasteiger partial charge in [0.2, 0.25) is 0 Å². The van der Waals surface area contributed by atoms with Crippen LogP contribution in [-0.4, -0.2) is 25.3 Å². The molecule has 110 valence electrons. The summed E-state index contributed by atoms with van der Waals surface area (Å²) in [6, 6.07) is 0.468. The number of hydrogen-bond acceptors (Lipinski definition) is 2. The van der Waals surface area contributed by atoms with E-state index in [-0.39, 0.29) is 0 Å². The lowest BCUT2D eigenvalue weighted by atomic mass is 9.87. The molecule has 19 heavy (non-hydrogen) atoms. The van der Waals surface area contributed by atoms with E-state index in [2.05, 4.69) is 25.2 Å². The van der Waals surface area contributed by atoms with Crippen LogP contribution < -0.4 is 5.32 Å². The Morgan fingerprint density at radius 1 is 1.32 bits per heavy atom. The average molecular weight is 265 g/mol. The fourth-order valence-electron chi connectivity index (χ4n) is 3.40. The van der Waals surface area contributed by atoms with E-state index in [0.29, 0.717) is 18.1 Å². The first-order chi connectivity index (χ1) is 9.33. The molecular formula is C17H31NO. The minimum absolute atomic E-state index is 0.400. The summed E-state index contributed by atoms with van der Waals surface area (Å²) in [4.78, 5) is 0. The molecule has 2 rings (SSSR count). The molecule has 0 aromatic carbocycles. The van der Waals surface area contributed by atoms with Gasteiger partial charge in [0, 0.05) is 6.61 Å². The highest BCUT2D eigenvalue weighted by Crippen LogP contribution is 2.29. The number of rotatable bonds is 5. The molecule has 0 bridgehead atoms. The molecule has 0 amide bonds. The van der Waals surface area contributed by atoms with Crippen LogP contribution >= 0.6 is 0 Å². The summed E-state index contributed by atoms with van der Waals surface area (Å²) >= 11 is 0. The van der Waals surface area contributed by atoms with Crippen molar-refractivity contribution in [2.24, 2.45) is 5.92 Å². The monoisotopic (exact) mass is 265 g/mol. The van der Waals surface area contributed by atoms with Gasteiger partial charge in [-0.25, -0.2) is 0 Å². The van der Waals surface area contributed by atoms with Crippen LogP contribution in [0, 0.1) is 5.92 Å². The van der Waals surface area contributed by atoms with Gasteiger partial charge in [0.05, 0.1) is 12.1 Å². The van der Waals surface area contributed by atoms with Gasteiger partial charge in [0.1, 0.15) is 0 Å².